The Balaban J connectivity index is 1.37. The third kappa shape index (κ3) is 3.75. The first kappa shape index (κ1) is 18.9. The number of carbonyl (C=O) groups excluding carboxylic acids is 2. The minimum atomic E-state index is -0.203. The van der Waals surface area contributed by atoms with Crippen molar-refractivity contribution in [2.45, 2.75) is 26.3 Å². The topological polar surface area (TPSA) is 55.9 Å². The van der Waals surface area contributed by atoms with Gasteiger partial charge >= 0.3 is 0 Å². The van der Waals surface area contributed by atoms with Crippen LogP contribution in [0.1, 0.15) is 31.1 Å². The monoisotopic (exact) mass is 380 g/mol. The summed E-state index contributed by atoms with van der Waals surface area (Å²) >= 11 is 0. The van der Waals surface area contributed by atoms with Crippen molar-refractivity contribution in [3.63, 3.8) is 0 Å². The molecule has 4 rings (SSSR count). The third-order valence-electron chi connectivity index (χ3n) is 5.34. The molecule has 2 aliphatic rings. The van der Waals surface area contributed by atoms with Gasteiger partial charge in [-0.15, -0.1) is 0 Å². The molecule has 0 aliphatic carbocycles. The molecule has 0 radical (unpaired) electrons. The van der Waals surface area contributed by atoms with Crippen LogP contribution in [0.4, 0.5) is 5.69 Å². The van der Waals surface area contributed by atoms with Gasteiger partial charge < -0.3 is 5.32 Å². The Labute approximate surface area is 166 Å². The lowest BCUT2D eigenvalue weighted by Crippen LogP contribution is -2.53. The van der Waals surface area contributed by atoms with Gasteiger partial charge in [-0.1, -0.05) is 24.3 Å². The molecule has 28 heavy (non-hydrogen) atoms. The van der Waals surface area contributed by atoms with E-state index in [1.807, 2.05) is 49.9 Å². The second-order valence-corrected chi connectivity index (χ2v) is 8.75. The smallest absolute Gasteiger partial charge is 0.260 e. The SMILES string of the molecule is CC(C)(C)NC(=O)CN1CCN(CN2C(=O)c3cccc4cccc2c34)CC1. The molecule has 1 fully saturated rings. The average molecular weight is 380 g/mol. The molecule has 0 saturated carbocycles. The van der Waals surface area contributed by atoms with E-state index in [1.54, 1.807) is 0 Å². The van der Waals surface area contributed by atoms with E-state index < -0.39 is 0 Å². The maximum Gasteiger partial charge on any atom is 0.260 e. The van der Waals surface area contributed by atoms with Gasteiger partial charge in [0, 0.05) is 42.7 Å². The average Bonchev–Trinajstić information content (AvgIpc) is 2.90. The molecule has 148 valence electrons. The molecule has 6 heteroatoms. The lowest BCUT2D eigenvalue weighted by Gasteiger charge is -2.36. The summed E-state index contributed by atoms with van der Waals surface area (Å²) in [6.45, 7) is 10.4. The highest BCUT2D eigenvalue weighted by Gasteiger charge is 2.31. The van der Waals surface area contributed by atoms with Gasteiger partial charge in [0.15, 0.2) is 0 Å². The van der Waals surface area contributed by atoms with Crippen LogP contribution in [0.3, 0.4) is 0 Å². The second-order valence-electron chi connectivity index (χ2n) is 8.75. The standard InChI is InChI=1S/C22H28N4O2/c1-22(2,3)23-19(27)14-24-10-12-25(13-11-24)15-26-18-9-5-7-16-6-4-8-17(20(16)18)21(26)28/h4-9H,10-15H2,1-3H3,(H,23,27). The van der Waals surface area contributed by atoms with Crippen molar-refractivity contribution in [3.8, 4) is 0 Å². The van der Waals surface area contributed by atoms with Crippen molar-refractivity contribution >= 4 is 28.3 Å². The second kappa shape index (κ2) is 7.18. The summed E-state index contributed by atoms with van der Waals surface area (Å²) in [6.07, 6.45) is 0. The molecule has 0 spiro atoms. The van der Waals surface area contributed by atoms with Crippen LogP contribution in [0.15, 0.2) is 36.4 Å². The number of nitrogens with one attached hydrogen (secondary N) is 1. The zero-order chi connectivity index (χ0) is 19.9. The molecule has 1 N–H and O–H groups in total. The minimum absolute atomic E-state index is 0.0674. The van der Waals surface area contributed by atoms with Crippen LogP contribution in [0.2, 0.25) is 0 Å². The van der Waals surface area contributed by atoms with Gasteiger partial charge in [0.1, 0.15) is 0 Å². The molecule has 2 aromatic rings. The van der Waals surface area contributed by atoms with Crippen LogP contribution in [-0.4, -0.2) is 66.5 Å². The van der Waals surface area contributed by atoms with E-state index in [9.17, 15) is 9.59 Å². The summed E-state index contributed by atoms with van der Waals surface area (Å²) in [5.41, 5.74) is 1.60. The number of rotatable bonds is 4. The number of amides is 2. The first-order valence-corrected chi connectivity index (χ1v) is 9.91. The molecule has 2 heterocycles. The van der Waals surface area contributed by atoms with Gasteiger partial charge in [-0.25, -0.2) is 0 Å². The Morgan fingerprint density at radius 3 is 2.32 bits per heavy atom. The maximum absolute atomic E-state index is 12.9. The van der Waals surface area contributed by atoms with Crippen molar-refractivity contribution < 1.29 is 9.59 Å². The zero-order valence-corrected chi connectivity index (χ0v) is 16.9. The quantitative estimate of drug-likeness (QED) is 0.884. The Hall–Kier alpha value is -2.44. The summed E-state index contributed by atoms with van der Waals surface area (Å²) in [5.74, 6) is 0.150. The molecule has 2 aromatic carbocycles. The molecule has 0 bridgehead atoms. The number of hydrogen-bond donors (Lipinski definition) is 1. The largest absolute Gasteiger partial charge is 0.350 e. The van der Waals surface area contributed by atoms with Crippen molar-refractivity contribution in [2.75, 3.05) is 44.3 Å². The Morgan fingerprint density at radius 1 is 1.00 bits per heavy atom. The number of piperazine rings is 1. The predicted octanol–water partition coefficient (Wildman–Crippen LogP) is 2.29. The zero-order valence-electron chi connectivity index (χ0n) is 16.9. The molecule has 0 unspecified atom stereocenters. The fourth-order valence-electron chi connectivity index (χ4n) is 4.07. The summed E-state index contributed by atoms with van der Waals surface area (Å²) in [5, 5.41) is 5.19. The molecule has 2 amide bonds. The van der Waals surface area contributed by atoms with E-state index in [2.05, 4.69) is 27.2 Å². The Kier molecular flexibility index (Phi) is 4.85. The van der Waals surface area contributed by atoms with Crippen molar-refractivity contribution in [3.05, 3.63) is 42.0 Å². The van der Waals surface area contributed by atoms with Crippen LogP contribution < -0.4 is 10.2 Å². The number of benzene rings is 2. The van der Waals surface area contributed by atoms with Gasteiger partial charge in [-0.3, -0.25) is 24.3 Å². The first-order valence-electron chi connectivity index (χ1n) is 9.91. The summed E-state index contributed by atoms with van der Waals surface area (Å²) in [6, 6.07) is 12.0. The molecule has 2 aliphatic heterocycles. The van der Waals surface area contributed by atoms with E-state index in [-0.39, 0.29) is 17.4 Å². The lowest BCUT2D eigenvalue weighted by atomic mass is 10.1. The van der Waals surface area contributed by atoms with E-state index in [0.717, 1.165) is 48.2 Å². The number of anilines is 1. The fourth-order valence-corrected chi connectivity index (χ4v) is 4.07. The minimum Gasteiger partial charge on any atom is -0.350 e. The van der Waals surface area contributed by atoms with Crippen LogP contribution in [0.25, 0.3) is 10.8 Å². The highest BCUT2D eigenvalue weighted by molar-refractivity contribution is 6.24. The molecule has 6 nitrogen and oxygen atoms in total. The van der Waals surface area contributed by atoms with E-state index in [0.29, 0.717) is 13.2 Å². The number of carbonyl (C=O) groups is 2. The summed E-state index contributed by atoms with van der Waals surface area (Å²) in [4.78, 5) is 31.4. The first-order chi connectivity index (χ1) is 13.3. The van der Waals surface area contributed by atoms with Crippen LogP contribution in [0, 0.1) is 0 Å². The van der Waals surface area contributed by atoms with Crippen molar-refractivity contribution in [1.82, 2.24) is 15.1 Å². The van der Waals surface area contributed by atoms with E-state index >= 15 is 0 Å². The Morgan fingerprint density at radius 2 is 1.64 bits per heavy atom. The van der Waals surface area contributed by atoms with Crippen LogP contribution >= 0.6 is 0 Å². The van der Waals surface area contributed by atoms with Gasteiger partial charge in [-0.2, -0.15) is 0 Å². The van der Waals surface area contributed by atoms with Crippen molar-refractivity contribution in [1.29, 1.82) is 0 Å². The highest BCUT2D eigenvalue weighted by atomic mass is 16.2. The van der Waals surface area contributed by atoms with E-state index in [1.165, 1.54) is 0 Å². The summed E-state index contributed by atoms with van der Waals surface area (Å²) < 4.78 is 0. The molecule has 0 aromatic heterocycles. The van der Waals surface area contributed by atoms with Crippen molar-refractivity contribution in [2.24, 2.45) is 0 Å². The van der Waals surface area contributed by atoms with Gasteiger partial charge in [0.2, 0.25) is 5.91 Å². The van der Waals surface area contributed by atoms with Crippen LogP contribution in [-0.2, 0) is 4.79 Å². The highest BCUT2D eigenvalue weighted by Crippen LogP contribution is 2.37. The normalized spacial score (nSPS) is 18.1. The van der Waals surface area contributed by atoms with Gasteiger partial charge in [0.25, 0.3) is 5.91 Å². The lowest BCUT2D eigenvalue weighted by molar-refractivity contribution is -0.124. The molecular formula is C22H28N4O2. The third-order valence-corrected chi connectivity index (χ3v) is 5.34. The van der Waals surface area contributed by atoms with Gasteiger partial charge in [0.05, 0.1) is 18.9 Å². The molecule has 0 atom stereocenters. The number of hydrogen-bond acceptors (Lipinski definition) is 4. The summed E-state index contributed by atoms with van der Waals surface area (Å²) in [7, 11) is 0. The molecule has 1 saturated heterocycles. The fraction of sp³-hybridized carbons (Fsp3) is 0.455. The Bertz CT molecular complexity index is 905. The predicted molar refractivity (Wildman–Crippen MR) is 112 cm³/mol. The maximum atomic E-state index is 12.9. The van der Waals surface area contributed by atoms with Gasteiger partial charge in [-0.05, 0) is 38.3 Å². The number of nitrogens with zero attached hydrogens (tertiary/aromatic N) is 3. The van der Waals surface area contributed by atoms with Crippen LogP contribution in [0.5, 0.6) is 0 Å². The molecular weight excluding hydrogens is 352 g/mol. The van der Waals surface area contributed by atoms with E-state index in [4.69, 9.17) is 0 Å².